The van der Waals surface area contributed by atoms with E-state index in [1.807, 2.05) is 17.0 Å². The van der Waals surface area contributed by atoms with E-state index in [1.54, 1.807) is 6.92 Å². The van der Waals surface area contributed by atoms with Gasteiger partial charge in [0, 0.05) is 26.2 Å². The highest BCUT2D eigenvalue weighted by Crippen LogP contribution is 2.41. The summed E-state index contributed by atoms with van der Waals surface area (Å²) < 4.78 is 5.06. The minimum atomic E-state index is -0.234. The molecule has 1 amide bonds. The van der Waals surface area contributed by atoms with Crippen molar-refractivity contribution in [2.75, 3.05) is 32.8 Å². The molecule has 2 atom stereocenters. The Morgan fingerprint density at radius 1 is 0.897 bits per heavy atom. The third kappa shape index (κ3) is 4.35. The normalized spacial score (nSPS) is 21.8. The zero-order chi connectivity index (χ0) is 20.2. The van der Waals surface area contributed by atoms with Crippen LogP contribution in [0.4, 0.5) is 0 Å². The predicted octanol–water partition coefficient (Wildman–Crippen LogP) is 3.12. The highest BCUT2D eigenvalue weighted by molar-refractivity contribution is 5.90. The summed E-state index contributed by atoms with van der Waals surface area (Å²) >= 11 is 0. The zero-order valence-electron chi connectivity index (χ0n) is 16.9. The first-order valence-electron chi connectivity index (χ1n) is 10.5. The van der Waals surface area contributed by atoms with Gasteiger partial charge in [0.05, 0.1) is 24.5 Å². The van der Waals surface area contributed by atoms with E-state index in [0.29, 0.717) is 26.1 Å². The summed E-state index contributed by atoms with van der Waals surface area (Å²) in [6.07, 6.45) is 0.633. The highest BCUT2D eigenvalue weighted by Gasteiger charge is 2.50. The number of amides is 1. The lowest BCUT2D eigenvalue weighted by atomic mass is 9.96. The van der Waals surface area contributed by atoms with Crippen molar-refractivity contribution in [2.45, 2.75) is 19.4 Å². The Labute approximate surface area is 172 Å². The topological polar surface area (TPSA) is 49.9 Å². The van der Waals surface area contributed by atoms with Gasteiger partial charge in [0.25, 0.3) is 0 Å². The molecular formula is C24H28N2O3. The van der Waals surface area contributed by atoms with Gasteiger partial charge in [-0.2, -0.15) is 0 Å². The van der Waals surface area contributed by atoms with E-state index < -0.39 is 0 Å². The van der Waals surface area contributed by atoms with E-state index in [4.69, 9.17) is 4.74 Å². The summed E-state index contributed by atoms with van der Waals surface area (Å²) in [6, 6.07) is 21.3. The van der Waals surface area contributed by atoms with E-state index in [0.717, 1.165) is 13.1 Å². The molecule has 152 valence electrons. The minimum absolute atomic E-state index is 0.110. The van der Waals surface area contributed by atoms with Crippen molar-refractivity contribution in [3.8, 4) is 0 Å². The van der Waals surface area contributed by atoms with Crippen LogP contribution in [0.15, 0.2) is 60.7 Å². The fourth-order valence-corrected chi connectivity index (χ4v) is 4.30. The van der Waals surface area contributed by atoms with Gasteiger partial charge in [-0.3, -0.25) is 14.5 Å². The van der Waals surface area contributed by atoms with Crippen LogP contribution in [-0.4, -0.2) is 54.5 Å². The van der Waals surface area contributed by atoms with Gasteiger partial charge in [-0.05, 0) is 24.5 Å². The molecule has 5 heteroatoms. The smallest absolute Gasteiger partial charge is 0.309 e. The van der Waals surface area contributed by atoms with E-state index in [-0.39, 0.29) is 29.8 Å². The largest absolute Gasteiger partial charge is 0.466 e. The quantitative estimate of drug-likeness (QED) is 0.709. The summed E-state index contributed by atoms with van der Waals surface area (Å²) in [5.41, 5.74) is 2.53. The molecule has 2 aromatic carbocycles. The number of nitrogens with zero attached hydrogens (tertiary/aromatic N) is 2. The lowest BCUT2D eigenvalue weighted by Crippen LogP contribution is -2.50. The van der Waals surface area contributed by atoms with Gasteiger partial charge in [0.1, 0.15) is 0 Å². The van der Waals surface area contributed by atoms with Crippen LogP contribution in [0.25, 0.3) is 0 Å². The molecule has 1 aliphatic heterocycles. The second kappa shape index (κ2) is 8.78. The van der Waals surface area contributed by atoms with Gasteiger partial charge < -0.3 is 9.64 Å². The standard InChI is InChI=1S/C24H28N2O3/c1-2-29-24(28)21-17-20(21)23(27)26-15-13-25(14-16-26)22(18-9-5-3-6-10-18)19-11-7-4-8-12-19/h3-12,20-22H,2,13-17H2,1H3/t20?,21-/m0/s1. The second-order valence-electron chi connectivity index (χ2n) is 7.79. The van der Waals surface area contributed by atoms with Gasteiger partial charge in [0.15, 0.2) is 0 Å². The van der Waals surface area contributed by atoms with Crippen LogP contribution in [0, 0.1) is 11.8 Å². The molecule has 1 saturated heterocycles. The Kier molecular flexibility index (Phi) is 5.95. The van der Waals surface area contributed by atoms with E-state index in [9.17, 15) is 9.59 Å². The van der Waals surface area contributed by atoms with Crippen LogP contribution < -0.4 is 0 Å². The molecule has 1 aliphatic carbocycles. The SMILES string of the molecule is CCOC(=O)[C@H]1CC1C(=O)N1CCN(C(c2ccccc2)c2ccccc2)CC1. The molecule has 4 rings (SSSR count). The molecule has 2 aromatic rings. The molecule has 0 N–H and O–H groups in total. The maximum Gasteiger partial charge on any atom is 0.309 e. The van der Waals surface area contributed by atoms with E-state index >= 15 is 0 Å². The maximum absolute atomic E-state index is 12.8. The summed E-state index contributed by atoms with van der Waals surface area (Å²) in [5, 5.41) is 0. The van der Waals surface area contributed by atoms with Gasteiger partial charge in [-0.15, -0.1) is 0 Å². The average Bonchev–Trinajstić information content (AvgIpc) is 3.57. The van der Waals surface area contributed by atoms with Crippen LogP contribution in [0.2, 0.25) is 0 Å². The number of piperazine rings is 1. The molecule has 0 aromatic heterocycles. The average molecular weight is 392 g/mol. The summed E-state index contributed by atoms with van der Waals surface area (Å²) in [4.78, 5) is 29.0. The van der Waals surface area contributed by atoms with Crippen molar-refractivity contribution in [3.05, 3.63) is 71.8 Å². The van der Waals surface area contributed by atoms with Crippen LogP contribution >= 0.6 is 0 Å². The third-order valence-electron chi connectivity index (χ3n) is 5.92. The van der Waals surface area contributed by atoms with Crippen molar-refractivity contribution in [3.63, 3.8) is 0 Å². The Morgan fingerprint density at radius 3 is 1.97 bits per heavy atom. The van der Waals surface area contributed by atoms with E-state index in [1.165, 1.54) is 11.1 Å². The molecule has 2 fully saturated rings. The number of benzene rings is 2. The number of carbonyl (C=O) groups is 2. The lowest BCUT2D eigenvalue weighted by molar-refractivity contribution is -0.147. The van der Waals surface area contributed by atoms with Gasteiger partial charge in [-0.25, -0.2) is 0 Å². The lowest BCUT2D eigenvalue weighted by Gasteiger charge is -2.40. The maximum atomic E-state index is 12.8. The number of hydrogen-bond donors (Lipinski definition) is 0. The number of rotatable bonds is 6. The zero-order valence-corrected chi connectivity index (χ0v) is 16.9. The van der Waals surface area contributed by atoms with Crippen LogP contribution in [0.3, 0.4) is 0 Å². The number of hydrogen-bond acceptors (Lipinski definition) is 4. The summed E-state index contributed by atoms with van der Waals surface area (Å²) in [7, 11) is 0. The molecule has 2 aliphatic rings. The predicted molar refractivity (Wildman–Crippen MR) is 111 cm³/mol. The second-order valence-corrected chi connectivity index (χ2v) is 7.79. The Morgan fingerprint density at radius 2 is 1.45 bits per heavy atom. The Balaban J connectivity index is 1.41. The molecule has 5 nitrogen and oxygen atoms in total. The van der Waals surface area contributed by atoms with Crippen molar-refractivity contribution in [2.24, 2.45) is 11.8 Å². The molecule has 0 radical (unpaired) electrons. The third-order valence-corrected chi connectivity index (χ3v) is 5.92. The number of carbonyl (C=O) groups excluding carboxylic acids is 2. The highest BCUT2D eigenvalue weighted by atomic mass is 16.5. The van der Waals surface area contributed by atoms with E-state index in [2.05, 4.69) is 53.4 Å². The Bertz CT molecular complexity index is 792. The van der Waals surface area contributed by atoms with Crippen LogP contribution in [-0.2, 0) is 14.3 Å². The molecule has 1 unspecified atom stereocenters. The molecule has 29 heavy (non-hydrogen) atoms. The minimum Gasteiger partial charge on any atom is -0.466 e. The van der Waals surface area contributed by atoms with Crippen LogP contribution in [0.5, 0.6) is 0 Å². The fourth-order valence-electron chi connectivity index (χ4n) is 4.30. The first kappa shape index (κ1) is 19.6. The van der Waals surface area contributed by atoms with Gasteiger partial charge in [-0.1, -0.05) is 60.7 Å². The van der Waals surface area contributed by atoms with Crippen molar-refractivity contribution < 1.29 is 14.3 Å². The molecule has 1 heterocycles. The van der Waals surface area contributed by atoms with Gasteiger partial charge >= 0.3 is 5.97 Å². The molecular weight excluding hydrogens is 364 g/mol. The van der Waals surface area contributed by atoms with Crippen LogP contribution in [0.1, 0.15) is 30.5 Å². The van der Waals surface area contributed by atoms with Crippen molar-refractivity contribution >= 4 is 11.9 Å². The first-order chi connectivity index (χ1) is 14.2. The Hall–Kier alpha value is -2.66. The summed E-state index contributed by atoms with van der Waals surface area (Å²) in [5.74, 6) is -0.530. The molecule has 1 saturated carbocycles. The number of esters is 1. The monoisotopic (exact) mass is 392 g/mol. The van der Waals surface area contributed by atoms with Crippen molar-refractivity contribution in [1.82, 2.24) is 9.80 Å². The molecule has 0 spiro atoms. The first-order valence-corrected chi connectivity index (χ1v) is 10.5. The summed E-state index contributed by atoms with van der Waals surface area (Å²) in [6.45, 7) is 5.19. The number of ether oxygens (including phenoxy) is 1. The van der Waals surface area contributed by atoms with Gasteiger partial charge in [0.2, 0.25) is 5.91 Å². The fraction of sp³-hybridized carbons (Fsp3) is 0.417. The van der Waals surface area contributed by atoms with Crippen molar-refractivity contribution in [1.29, 1.82) is 0 Å². The molecule has 0 bridgehead atoms.